The summed E-state index contributed by atoms with van der Waals surface area (Å²) in [6.45, 7) is 26.7. The second kappa shape index (κ2) is 17.7. The summed E-state index contributed by atoms with van der Waals surface area (Å²) in [4.78, 5) is 4.87. The Morgan fingerprint density at radius 1 is 0.730 bits per heavy atom. The second-order valence-electron chi connectivity index (χ2n) is 18.7. The molecule has 3 nitrogen and oxygen atoms in total. The van der Waals surface area contributed by atoms with Gasteiger partial charge in [-0.2, -0.15) is 4.58 Å². The normalized spacial score (nSPS) is 17.8. The molecule has 3 aliphatic rings. The quantitative estimate of drug-likeness (QED) is 0.123. The van der Waals surface area contributed by atoms with E-state index in [1.54, 1.807) is 11.8 Å². The minimum Gasteiger partial charge on any atom is -0.456 e. The Kier molecular flexibility index (Phi) is 12.6. The number of hydrogen-bond donors (Lipinski definition) is 0. The van der Waals surface area contributed by atoms with Gasteiger partial charge in [0.2, 0.25) is 5.69 Å². The van der Waals surface area contributed by atoms with E-state index < -0.39 is 0 Å². The topological polar surface area (TPSA) is 15.5 Å². The minimum absolute atomic E-state index is 0.126. The molecule has 0 N–H and O–H groups in total. The molecule has 2 aliphatic heterocycles. The fourth-order valence-corrected chi connectivity index (χ4v) is 11.8. The van der Waals surface area contributed by atoms with E-state index in [4.69, 9.17) is 27.9 Å². The number of likely N-dealkylation sites (N-methyl/N-ethyl adjacent to an activating group) is 1. The summed E-state index contributed by atoms with van der Waals surface area (Å²) in [7, 11) is 0. The lowest BCUT2D eigenvalue weighted by atomic mass is 9.80. The largest absolute Gasteiger partial charge is 0.456 e. The van der Waals surface area contributed by atoms with Crippen LogP contribution in [0.2, 0.25) is 10.0 Å². The number of ether oxygens (including phenoxy) is 1. The average molecular weight is 893 g/mol. The summed E-state index contributed by atoms with van der Waals surface area (Å²) in [5.41, 5.74) is 18.5. The number of hydrogen-bond acceptors (Lipinski definition) is 3. The molecular weight excluding hydrogens is 832 g/mol. The third-order valence-corrected chi connectivity index (χ3v) is 15.0. The Morgan fingerprint density at radius 3 is 2.14 bits per heavy atom. The summed E-state index contributed by atoms with van der Waals surface area (Å²) in [6.07, 6.45) is 12.0. The molecule has 0 spiro atoms. The summed E-state index contributed by atoms with van der Waals surface area (Å²) < 4.78 is 9.75. The number of rotatable bonds is 11. The van der Waals surface area contributed by atoms with Crippen molar-refractivity contribution in [3.63, 3.8) is 0 Å². The van der Waals surface area contributed by atoms with Crippen molar-refractivity contribution in [3.8, 4) is 5.75 Å². The number of anilines is 1. The molecule has 0 bridgehead atoms. The van der Waals surface area contributed by atoms with Crippen LogP contribution in [0.15, 0.2) is 142 Å². The lowest BCUT2D eigenvalue weighted by Gasteiger charge is -2.26. The Bertz CT molecular complexity index is 2790. The highest BCUT2D eigenvalue weighted by atomic mass is 35.5. The summed E-state index contributed by atoms with van der Waals surface area (Å²) in [6, 6.07) is 30.6. The van der Waals surface area contributed by atoms with E-state index >= 15 is 0 Å². The second-order valence-corrected chi connectivity index (χ2v) is 20.7. The number of nitrogens with zero attached hydrogens (tertiary/aromatic N) is 2. The van der Waals surface area contributed by atoms with Crippen LogP contribution in [0, 0.1) is 34.6 Å². The molecule has 0 radical (unpaired) electrons. The number of halogens is 2. The standard InChI is InChI=1S/C57H61Cl2N2OS/c1-12-60-49-23-17-35(3)27-47(49)56(8,9)51(60)25-21-41-19-20-42(22-26-52-57(10,11)48-28-36(4)18-24-50(48)61(52)13-2)54(41)62-53-37(5)30-46(31-38(53)6)63-55-39(7)29-45(59)34-43(55)32-40-15-14-16-44(58)33-40/h14-18,21-31,33-34H,12-13,19-20,32H2,1-11H3/q+1. The third kappa shape index (κ3) is 8.64. The Balaban J connectivity index is 1.18. The predicted octanol–water partition coefficient (Wildman–Crippen LogP) is 16.0. The molecule has 2 heterocycles. The number of fused-ring (bicyclic) bond motifs is 2. The molecule has 5 aromatic rings. The molecule has 324 valence electrons. The fraction of sp³-hybridized carbons (Fsp3) is 0.316. The zero-order chi connectivity index (χ0) is 45.0. The van der Waals surface area contributed by atoms with Crippen LogP contribution < -0.4 is 9.64 Å². The number of aryl methyl sites for hydroxylation is 5. The van der Waals surface area contributed by atoms with Crippen molar-refractivity contribution in [3.05, 3.63) is 192 Å². The fourth-order valence-electron chi connectivity index (χ4n) is 10.1. The summed E-state index contributed by atoms with van der Waals surface area (Å²) in [5.74, 6) is 1.88. The molecule has 6 heteroatoms. The van der Waals surface area contributed by atoms with Crippen molar-refractivity contribution in [1.29, 1.82) is 0 Å². The maximum Gasteiger partial charge on any atom is 0.209 e. The van der Waals surface area contributed by atoms with Gasteiger partial charge in [-0.25, -0.2) is 0 Å². The Hall–Kier alpha value is -4.74. The summed E-state index contributed by atoms with van der Waals surface area (Å²) >= 11 is 14.8. The summed E-state index contributed by atoms with van der Waals surface area (Å²) in [5, 5.41) is 1.48. The minimum atomic E-state index is -0.126. The van der Waals surface area contributed by atoms with Crippen molar-refractivity contribution >= 4 is 52.1 Å². The first-order valence-electron chi connectivity index (χ1n) is 22.5. The maximum atomic E-state index is 7.27. The number of allylic oxidation sites excluding steroid dienone is 7. The molecule has 0 amide bonds. The van der Waals surface area contributed by atoms with Gasteiger partial charge in [0.1, 0.15) is 18.1 Å². The van der Waals surface area contributed by atoms with Gasteiger partial charge in [0.15, 0.2) is 5.71 Å². The van der Waals surface area contributed by atoms with Crippen molar-refractivity contribution in [2.24, 2.45) is 0 Å². The van der Waals surface area contributed by atoms with E-state index in [0.717, 1.165) is 76.2 Å². The molecule has 0 saturated carbocycles. The first kappa shape index (κ1) is 44.9. The first-order valence-corrected chi connectivity index (χ1v) is 24.1. The van der Waals surface area contributed by atoms with E-state index in [0.29, 0.717) is 0 Å². The van der Waals surface area contributed by atoms with Crippen molar-refractivity contribution in [2.45, 2.75) is 116 Å². The smallest absolute Gasteiger partial charge is 0.209 e. The molecule has 0 fully saturated rings. The van der Waals surface area contributed by atoms with E-state index in [-0.39, 0.29) is 10.8 Å². The SMILES string of the molecule is CCN1/C(=C/C=C2\CCC(/C=C/C3=[N+](CC)c4ccc(C)cc4C3(C)C)=C2Oc2c(C)cc(Sc3c(C)cc(Cl)cc3Cc3cccc(Cl)c3)cc2C)C(C)(C)c2cc(C)ccc21. The van der Waals surface area contributed by atoms with Crippen LogP contribution in [0.4, 0.5) is 11.4 Å². The van der Waals surface area contributed by atoms with Crippen LogP contribution >= 0.6 is 35.0 Å². The molecule has 63 heavy (non-hydrogen) atoms. The molecule has 0 unspecified atom stereocenters. The van der Waals surface area contributed by atoms with E-state index in [9.17, 15) is 0 Å². The zero-order valence-corrected chi connectivity index (χ0v) is 41.2. The van der Waals surface area contributed by atoms with Crippen molar-refractivity contribution in [1.82, 2.24) is 0 Å². The highest BCUT2D eigenvalue weighted by molar-refractivity contribution is 7.99. The highest BCUT2D eigenvalue weighted by Crippen LogP contribution is 2.49. The first-order chi connectivity index (χ1) is 30.0. The van der Waals surface area contributed by atoms with Gasteiger partial charge < -0.3 is 9.64 Å². The van der Waals surface area contributed by atoms with Crippen molar-refractivity contribution < 1.29 is 9.31 Å². The van der Waals surface area contributed by atoms with Gasteiger partial charge in [0, 0.05) is 60.9 Å². The number of benzene rings is 5. The average Bonchev–Trinajstić information content (AvgIpc) is 3.78. The van der Waals surface area contributed by atoms with Gasteiger partial charge in [-0.1, -0.05) is 96.3 Å². The van der Waals surface area contributed by atoms with Gasteiger partial charge in [0.05, 0.1) is 5.41 Å². The van der Waals surface area contributed by atoms with E-state index in [1.165, 1.54) is 71.5 Å². The van der Waals surface area contributed by atoms with Gasteiger partial charge >= 0.3 is 0 Å². The molecular formula is C57H61Cl2N2OS+. The van der Waals surface area contributed by atoms with E-state index in [2.05, 4.69) is 177 Å². The molecule has 0 aromatic heterocycles. The van der Waals surface area contributed by atoms with Crippen LogP contribution in [-0.4, -0.2) is 23.4 Å². The highest BCUT2D eigenvalue weighted by Gasteiger charge is 2.44. The monoisotopic (exact) mass is 891 g/mol. The van der Waals surface area contributed by atoms with Crippen LogP contribution in [0.3, 0.4) is 0 Å². The lowest BCUT2D eigenvalue weighted by Crippen LogP contribution is -2.27. The molecule has 5 aromatic carbocycles. The lowest BCUT2D eigenvalue weighted by molar-refractivity contribution is -0.433. The van der Waals surface area contributed by atoms with Gasteiger partial charge in [-0.15, -0.1) is 0 Å². The van der Waals surface area contributed by atoms with Gasteiger partial charge in [-0.05, 0) is 187 Å². The van der Waals surface area contributed by atoms with E-state index in [1.807, 2.05) is 18.2 Å². The van der Waals surface area contributed by atoms with Crippen LogP contribution in [-0.2, 0) is 17.3 Å². The third-order valence-electron chi connectivity index (χ3n) is 13.3. The van der Waals surface area contributed by atoms with Crippen LogP contribution in [0.25, 0.3) is 0 Å². The predicted molar refractivity (Wildman–Crippen MR) is 270 cm³/mol. The zero-order valence-electron chi connectivity index (χ0n) is 38.9. The molecule has 0 atom stereocenters. The van der Waals surface area contributed by atoms with Gasteiger partial charge in [-0.3, -0.25) is 0 Å². The van der Waals surface area contributed by atoms with Crippen molar-refractivity contribution in [2.75, 3.05) is 18.0 Å². The Morgan fingerprint density at radius 2 is 1.44 bits per heavy atom. The van der Waals surface area contributed by atoms with Crippen LogP contribution in [0.1, 0.15) is 104 Å². The molecule has 1 aliphatic carbocycles. The molecule has 0 saturated heterocycles. The molecule has 8 rings (SSSR count). The van der Waals surface area contributed by atoms with Crippen LogP contribution in [0.5, 0.6) is 5.75 Å². The van der Waals surface area contributed by atoms with Gasteiger partial charge in [0.25, 0.3) is 0 Å². The maximum absolute atomic E-state index is 7.27. The Labute approximate surface area is 390 Å².